The lowest BCUT2D eigenvalue weighted by molar-refractivity contribution is 0.824. The fourth-order valence-electron chi connectivity index (χ4n) is 8.01. The molecule has 0 atom stereocenters. The van der Waals surface area contributed by atoms with Crippen molar-refractivity contribution in [3.8, 4) is 11.1 Å². The molecule has 0 spiro atoms. The van der Waals surface area contributed by atoms with Gasteiger partial charge >= 0.3 is 0 Å². The molecule has 4 aromatic rings. The minimum Gasteiger partial charge on any atom is -0.264 e. The summed E-state index contributed by atoms with van der Waals surface area (Å²) in [6, 6.07) is 34.7. The number of allylic oxidation sites excluding steroid dienone is 15. The zero-order valence-electron chi connectivity index (χ0n) is 35.4. The number of aromatic nitrogens is 1. The van der Waals surface area contributed by atoms with Crippen molar-refractivity contribution in [3.05, 3.63) is 233 Å². The van der Waals surface area contributed by atoms with E-state index in [9.17, 15) is 0 Å². The van der Waals surface area contributed by atoms with Gasteiger partial charge in [0.2, 0.25) is 0 Å². The molecule has 1 heteroatoms. The van der Waals surface area contributed by atoms with Crippen molar-refractivity contribution in [1.29, 1.82) is 0 Å². The van der Waals surface area contributed by atoms with Crippen LogP contribution >= 0.6 is 0 Å². The van der Waals surface area contributed by atoms with E-state index in [2.05, 4.69) is 185 Å². The van der Waals surface area contributed by atoms with Crippen LogP contribution in [-0.4, -0.2) is 4.98 Å². The van der Waals surface area contributed by atoms with Crippen molar-refractivity contribution in [2.75, 3.05) is 0 Å². The first-order chi connectivity index (χ1) is 28.9. The van der Waals surface area contributed by atoms with E-state index in [0.29, 0.717) is 0 Å². The Hall–Kier alpha value is -6.31. The van der Waals surface area contributed by atoms with Crippen molar-refractivity contribution < 1.29 is 0 Å². The number of benzene rings is 2. The summed E-state index contributed by atoms with van der Waals surface area (Å²) in [5.41, 5.74) is 17.1. The molecule has 0 saturated carbocycles. The van der Waals surface area contributed by atoms with Crippen LogP contribution in [0.5, 0.6) is 0 Å². The van der Waals surface area contributed by atoms with Crippen molar-refractivity contribution >= 4 is 34.4 Å². The lowest BCUT2D eigenvalue weighted by Crippen LogP contribution is -2.31. The fraction of sp³-hybridized carbons (Fsp3) is 0.190. The molecule has 0 aliphatic heterocycles. The summed E-state index contributed by atoms with van der Waals surface area (Å²) >= 11 is 0. The van der Waals surface area contributed by atoms with Gasteiger partial charge in [-0.1, -0.05) is 178 Å². The molecule has 0 unspecified atom stereocenters. The average molecular weight is 770 g/mol. The summed E-state index contributed by atoms with van der Waals surface area (Å²) < 4.78 is 0. The maximum absolute atomic E-state index is 4.63. The van der Waals surface area contributed by atoms with Crippen LogP contribution in [0.1, 0.15) is 93.5 Å². The summed E-state index contributed by atoms with van der Waals surface area (Å²) in [5.74, 6) is 0. The zero-order valence-corrected chi connectivity index (χ0v) is 35.4. The van der Waals surface area contributed by atoms with Crippen LogP contribution in [0.2, 0.25) is 0 Å². The molecular weight excluding hydrogens is 711 g/mol. The van der Waals surface area contributed by atoms with Gasteiger partial charge in [-0.15, -0.1) is 0 Å². The van der Waals surface area contributed by atoms with Gasteiger partial charge in [-0.05, 0) is 160 Å². The van der Waals surface area contributed by atoms with Crippen LogP contribution in [0, 0.1) is 0 Å². The number of nitrogens with zero attached hydrogens (tertiary/aromatic N) is 1. The van der Waals surface area contributed by atoms with Gasteiger partial charge in [0.1, 0.15) is 0 Å². The van der Waals surface area contributed by atoms with Crippen LogP contribution < -0.4 is 10.4 Å². The SMILES string of the molecule is C=C/C=C\C(=C)c1ccccccc(/C(=C/CCC/C(C)=C(C)/C(=C\C(=C)c2ccc(-c3cccnc3)cc2)C2=CC/C=C\Cc3ccccc32)CC)c2c1=CCCC=2. The van der Waals surface area contributed by atoms with E-state index >= 15 is 0 Å². The topological polar surface area (TPSA) is 12.9 Å². The largest absolute Gasteiger partial charge is 0.264 e. The highest BCUT2D eigenvalue weighted by atomic mass is 14.6. The molecule has 3 aromatic carbocycles. The Balaban J connectivity index is 1.33. The third kappa shape index (κ3) is 11.0. The van der Waals surface area contributed by atoms with Gasteiger partial charge in [0.05, 0.1) is 0 Å². The van der Waals surface area contributed by atoms with Crippen LogP contribution in [0.4, 0.5) is 0 Å². The summed E-state index contributed by atoms with van der Waals surface area (Å²) in [6.07, 6.45) is 34.1. The maximum atomic E-state index is 4.63. The number of rotatable bonds is 14. The molecule has 1 heterocycles. The van der Waals surface area contributed by atoms with Crippen molar-refractivity contribution in [2.45, 2.75) is 72.1 Å². The molecule has 0 saturated heterocycles. The Morgan fingerprint density at radius 3 is 2.20 bits per heavy atom. The maximum Gasteiger partial charge on any atom is 0.0346 e. The first-order valence-corrected chi connectivity index (χ1v) is 21.3. The normalized spacial score (nSPS) is 14.8. The second-order valence-corrected chi connectivity index (χ2v) is 15.3. The van der Waals surface area contributed by atoms with Gasteiger partial charge in [-0.3, -0.25) is 4.98 Å². The second kappa shape index (κ2) is 21.4. The molecule has 2 aliphatic carbocycles. The molecule has 296 valence electrons. The number of hydrogen-bond donors (Lipinski definition) is 0. The molecule has 0 fully saturated rings. The molecule has 0 N–H and O–H groups in total. The van der Waals surface area contributed by atoms with Gasteiger partial charge in [-0.25, -0.2) is 0 Å². The molecule has 0 amide bonds. The van der Waals surface area contributed by atoms with E-state index < -0.39 is 0 Å². The number of fused-ring (bicyclic) bond motifs is 2. The van der Waals surface area contributed by atoms with Gasteiger partial charge in [0, 0.05) is 12.4 Å². The minimum absolute atomic E-state index is 0.899. The summed E-state index contributed by atoms with van der Waals surface area (Å²) in [7, 11) is 0. The molecule has 0 bridgehead atoms. The van der Waals surface area contributed by atoms with Gasteiger partial charge in [0.15, 0.2) is 0 Å². The Morgan fingerprint density at radius 1 is 0.746 bits per heavy atom. The first kappa shape index (κ1) is 42.3. The molecular formula is C58H59N. The van der Waals surface area contributed by atoms with Gasteiger partial charge in [0.25, 0.3) is 0 Å². The molecule has 6 rings (SSSR count). The van der Waals surface area contributed by atoms with E-state index in [1.165, 1.54) is 55.0 Å². The fourth-order valence-corrected chi connectivity index (χ4v) is 8.01. The van der Waals surface area contributed by atoms with E-state index in [1.54, 1.807) is 0 Å². The lowest BCUT2D eigenvalue weighted by atomic mass is 9.84. The third-order valence-corrected chi connectivity index (χ3v) is 11.4. The first-order valence-electron chi connectivity index (χ1n) is 21.3. The highest BCUT2D eigenvalue weighted by Crippen LogP contribution is 2.37. The molecule has 2 aliphatic rings. The summed E-state index contributed by atoms with van der Waals surface area (Å²) in [5, 5.41) is 2.57. The van der Waals surface area contributed by atoms with Crippen LogP contribution in [0.15, 0.2) is 195 Å². The van der Waals surface area contributed by atoms with Crippen molar-refractivity contribution in [1.82, 2.24) is 4.98 Å². The standard InChI is InChI=1S/C58H59N/c1-7-9-24-44(4)52-30-14-10-11-15-31-53(56-35-22-21-34-55(52)56)47(8-2)26-18-17-25-43(3)46(6)58(57-33-16-12-13-27-50-28-19-20-32-54(50)57)41-45(5)48-36-38-49(39-37-48)51-29-23-40-59-42-51/h7,9-15,19-20,23-24,26,28-42H,1,4-5,8,16-18,21-22,25,27H2,2-3,6H3/b13-12-,14-10?,15-11?,24-9-,46-43+,47-26+,52-30?,53-31?,57-33?,58-41+. The Morgan fingerprint density at radius 2 is 1.47 bits per heavy atom. The smallest absolute Gasteiger partial charge is 0.0346 e. The highest BCUT2D eigenvalue weighted by Gasteiger charge is 2.17. The Bertz CT molecular complexity index is 2540. The Kier molecular flexibility index (Phi) is 15.4. The predicted octanol–water partition coefficient (Wildman–Crippen LogP) is 14.5. The van der Waals surface area contributed by atoms with E-state index in [1.807, 2.05) is 30.6 Å². The zero-order chi connectivity index (χ0) is 41.4. The quantitative estimate of drug-likeness (QED) is 0.0707. The average Bonchev–Trinajstić information content (AvgIpc) is 3.27. The van der Waals surface area contributed by atoms with E-state index in [4.69, 9.17) is 0 Å². The molecule has 1 nitrogen and oxygen atoms in total. The van der Waals surface area contributed by atoms with Crippen LogP contribution in [0.3, 0.4) is 0 Å². The number of unbranched alkanes of at least 4 members (excludes halogenated alkanes) is 1. The molecule has 1 aromatic heterocycles. The monoisotopic (exact) mass is 769 g/mol. The van der Waals surface area contributed by atoms with Gasteiger partial charge in [-0.2, -0.15) is 0 Å². The van der Waals surface area contributed by atoms with Crippen LogP contribution in [0.25, 0.3) is 45.6 Å². The number of pyridine rings is 1. The minimum atomic E-state index is 0.899. The highest BCUT2D eigenvalue weighted by molar-refractivity contribution is 5.90. The summed E-state index contributed by atoms with van der Waals surface area (Å²) in [6.45, 7) is 19.9. The van der Waals surface area contributed by atoms with E-state index in [-0.39, 0.29) is 0 Å². The lowest BCUT2D eigenvalue weighted by Gasteiger charge is -2.21. The van der Waals surface area contributed by atoms with Crippen molar-refractivity contribution in [3.63, 3.8) is 0 Å². The van der Waals surface area contributed by atoms with Crippen molar-refractivity contribution in [2.24, 2.45) is 0 Å². The van der Waals surface area contributed by atoms with Crippen LogP contribution in [-0.2, 0) is 6.42 Å². The predicted molar refractivity (Wildman–Crippen MR) is 259 cm³/mol. The molecule has 59 heavy (non-hydrogen) atoms. The molecule has 0 radical (unpaired) electrons. The number of hydrogen-bond acceptors (Lipinski definition) is 1. The Labute approximate surface area is 354 Å². The van der Waals surface area contributed by atoms with E-state index in [0.717, 1.165) is 84.8 Å². The summed E-state index contributed by atoms with van der Waals surface area (Å²) in [4.78, 5) is 4.32. The van der Waals surface area contributed by atoms with Gasteiger partial charge < -0.3 is 0 Å². The third-order valence-electron chi connectivity index (χ3n) is 11.4. The second-order valence-electron chi connectivity index (χ2n) is 15.3.